The van der Waals surface area contributed by atoms with Crippen LogP contribution in [0, 0.1) is 0 Å². The molecule has 0 radical (unpaired) electrons. The number of rotatable bonds is 10. The first-order valence-corrected chi connectivity index (χ1v) is 16.3. The number of hydrogen-bond donors (Lipinski definition) is 1. The number of nitrogens with zero attached hydrogens (tertiary/aromatic N) is 2. The highest BCUT2D eigenvalue weighted by Crippen LogP contribution is 2.31. The van der Waals surface area contributed by atoms with Crippen LogP contribution in [0.1, 0.15) is 27.3 Å². The lowest BCUT2D eigenvalue weighted by Gasteiger charge is -2.11. The molecule has 0 fully saturated rings. The van der Waals surface area contributed by atoms with Crippen LogP contribution in [0.2, 0.25) is 10.0 Å². The molecule has 4 aromatic carbocycles. The molecule has 1 heterocycles. The molecule has 0 bridgehead atoms. The van der Waals surface area contributed by atoms with Crippen molar-refractivity contribution >= 4 is 57.0 Å². The van der Waals surface area contributed by atoms with Crippen molar-refractivity contribution in [2.45, 2.75) is 12.7 Å². The molecule has 1 N–H and O–H groups in total. The second-order valence-electron chi connectivity index (χ2n) is 10.4. The average molecular weight is 701 g/mol. The monoisotopic (exact) mass is 699 g/mol. The van der Waals surface area contributed by atoms with Crippen LogP contribution < -0.4 is 4.72 Å². The number of methoxy groups -OCH3 is 1. The Balaban J connectivity index is 1.36. The van der Waals surface area contributed by atoms with Gasteiger partial charge in [0.25, 0.3) is 0 Å². The van der Waals surface area contributed by atoms with Gasteiger partial charge < -0.3 is 9.30 Å². The quantitative estimate of drug-likeness (QED) is 0.147. The van der Waals surface area contributed by atoms with Gasteiger partial charge in [-0.15, -0.1) is 0 Å². The molecule has 0 aliphatic heterocycles. The fourth-order valence-corrected chi connectivity index (χ4v) is 6.20. The molecule has 0 aliphatic carbocycles. The third kappa shape index (κ3) is 9.03. The van der Waals surface area contributed by atoms with E-state index in [-0.39, 0.29) is 5.69 Å². The van der Waals surface area contributed by atoms with Gasteiger partial charge in [0.15, 0.2) is 5.75 Å². The lowest BCUT2D eigenvalue weighted by Crippen LogP contribution is -2.27. The van der Waals surface area contributed by atoms with Gasteiger partial charge in [-0.25, -0.2) is 18.2 Å². The molecular formula is C34H26Cl2F3N3O4S. The van der Waals surface area contributed by atoms with Gasteiger partial charge in [0.05, 0.1) is 23.4 Å². The van der Waals surface area contributed by atoms with Crippen molar-refractivity contribution in [3.05, 3.63) is 130 Å². The Labute approximate surface area is 279 Å². The Bertz CT molecular complexity index is 2030. The number of carbonyl (C=O) groups excluding carboxylic acids is 1. The number of nitrogens with one attached hydrogen (secondary N) is 1. The number of sulfonamides is 1. The molecule has 0 spiro atoms. The lowest BCUT2D eigenvalue weighted by molar-refractivity contribution is -0.106. The SMILES string of the molecule is COC(=O)c1ccc(Cn2cc(-c3ccc(Cl)cc3Cl)nc2C=Cc2ccc(-c3ccc(NS(=O)(=O)CC(F)(F)F)cc3)cc2)cc1. The summed E-state index contributed by atoms with van der Waals surface area (Å²) in [5, 5.41) is 0.969. The molecule has 0 amide bonds. The first-order valence-electron chi connectivity index (χ1n) is 13.9. The van der Waals surface area contributed by atoms with E-state index in [0.717, 1.165) is 22.3 Å². The second-order valence-corrected chi connectivity index (χ2v) is 13.0. The van der Waals surface area contributed by atoms with Crippen molar-refractivity contribution in [1.82, 2.24) is 9.55 Å². The predicted octanol–water partition coefficient (Wildman–Crippen LogP) is 8.83. The number of hydrogen-bond acceptors (Lipinski definition) is 5. The fourth-order valence-electron chi connectivity index (χ4n) is 4.70. The van der Waals surface area contributed by atoms with E-state index in [1.54, 1.807) is 42.5 Å². The van der Waals surface area contributed by atoms with E-state index in [1.165, 1.54) is 19.2 Å². The Morgan fingerprint density at radius 2 is 1.55 bits per heavy atom. The van der Waals surface area contributed by atoms with Gasteiger partial charge in [-0.05, 0) is 70.8 Å². The molecule has 0 saturated heterocycles. The Kier molecular flexibility index (Phi) is 10.1. The van der Waals surface area contributed by atoms with E-state index in [1.807, 2.05) is 64.0 Å². The van der Waals surface area contributed by atoms with Gasteiger partial charge in [0, 0.05) is 29.0 Å². The van der Waals surface area contributed by atoms with E-state index < -0.39 is 27.9 Å². The van der Waals surface area contributed by atoms with E-state index in [9.17, 15) is 26.4 Å². The number of imidazole rings is 1. The van der Waals surface area contributed by atoms with Crippen molar-refractivity contribution < 1.29 is 31.1 Å². The Morgan fingerprint density at radius 1 is 0.915 bits per heavy atom. The minimum atomic E-state index is -4.84. The first-order chi connectivity index (χ1) is 22.3. The van der Waals surface area contributed by atoms with Crippen LogP contribution in [0.15, 0.2) is 97.2 Å². The third-order valence-corrected chi connectivity index (χ3v) is 8.73. The van der Waals surface area contributed by atoms with Crippen LogP contribution in [0.3, 0.4) is 0 Å². The number of benzene rings is 4. The lowest BCUT2D eigenvalue weighted by atomic mass is 10.0. The summed E-state index contributed by atoms with van der Waals surface area (Å²) in [4.78, 5) is 16.7. The molecule has 0 aliphatic rings. The van der Waals surface area contributed by atoms with Gasteiger partial charge in [0.2, 0.25) is 10.0 Å². The van der Waals surface area contributed by atoms with Crippen LogP contribution in [0.4, 0.5) is 18.9 Å². The maximum Gasteiger partial charge on any atom is 0.404 e. The van der Waals surface area contributed by atoms with Crippen LogP contribution in [0.5, 0.6) is 0 Å². The van der Waals surface area contributed by atoms with Crippen molar-refractivity contribution in [2.75, 3.05) is 17.6 Å². The van der Waals surface area contributed by atoms with Gasteiger partial charge in [-0.1, -0.05) is 77.8 Å². The molecule has 0 unspecified atom stereocenters. The highest BCUT2D eigenvalue weighted by atomic mass is 35.5. The van der Waals surface area contributed by atoms with Crippen molar-refractivity contribution in [2.24, 2.45) is 0 Å². The molecule has 13 heteroatoms. The van der Waals surface area contributed by atoms with Crippen LogP contribution in [-0.2, 0) is 21.3 Å². The van der Waals surface area contributed by atoms with Crippen molar-refractivity contribution in [3.63, 3.8) is 0 Å². The summed E-state index contributed by atoms with van der Waals surface area (Å²) < 4.78 is 69.8. The summed E-state index contributed by atoms with van der Waals surface area (Å²) in [6.07, 6.45) is 0.813. The number of halogens is 5. The third-order valence-electron chi connectivity index (χ3n) is 6.92. The number of ether oxygens (including phenoxy) is 1. The number of anilines is 1. The minimum absolute atomic E-state index is 0.0340. The number of carbonyl (C=O) groups is 1. The topological polar surface area (TPSA) is 90.3 Å². The molecule has 0 saturated carbocycles. The summed E-state index contributed by atoms with van der Waals surface area (Å²) in [6.45, 7) is 0.459. The normalized spacial score (nSPS) is 12.0. The van der Waals surface area contributed by atoms with Gasteiger partial charge in [0.1, 0.15) is 5.82 Å². The maximum absolute atomic E-state index is 12.5. The molecular weight excluding hydrogens is 674 g/mol. The Morgan fingerprint density at radius 3 is 2.15 bits per heavy atom. The van der Waals surface area contributed by atoms with Crippen LogP contribution in [-0.4, -0.2) is 43.0 Å². The Hall–Kier alpha value is -4.58. The molecule has 0 atom stereocenters. The summed E-state index contributed by atoms with van der Waals surface area (Å²) in [5.41, 5.74) is 5.22. The summed E-state index contributed by atoms with van der Waals surface area (Å²) in [7, 11) is -3.24. The molecule has 47 heavy (non-hydrogen) atoms. The predicted molar refractivity (Wildman–Crippen MR) is 179 cm³/mol. The number of alkyl halides is 3. The highest BCUT2D eigenvalue weighted by molar-refractivity contribution is 7.92. The van der Waals surface area contributed by atoms with E-state index >= 15 is 0 Å². The zero-order chi connectivity index (χ0) is 33.8. The van der Waals surface area contributed by atoms with Crippen LogP contribution in [0.25, 0.3) is 34.5 Å². The number of esters is 1. The summed E-state index contributed by atoms with van der Waals surface area (Å²) in [5.74, 6) is -1.73. The van der Waals surface area contributed by atoms with Gasteiger partial charge >= 0.3 is 12.1 Å². The summed E-state index contributed by atoms with van der Waals surface area (Å²) in [6, 6.07) is 25.9. The fraction of sp³-hybridized carbons (Fsp3) is 0.118. The molecule has 1 aromatic heterocycles. The highest BCUT2D eigenvalue weighted by Gasteiger charge is 2.35. The molecule has 242 valence electrons. The average Bonchev–Trinajstić information content (AvgIpc) is 3.41. The molecule has 7 nitrogen and oxygen atoms in total. The molecule has 5 aromatic rings. The largest absolute Gasteiger partial charge is 0.465 e. The first kappa shape index (κ1) is 33.8. The smallest absolute Gasteiger partial charge is 0.404 e. The maximum atomic E-state index is 12.5. The summed E-state index contributed by atoms with van der Waals surface area (Å²) >= 11 is 12.6. The molecule has 5 rings (SSSR count). The number of aromatic nitrogens is 2. The van der Waals surface area contributed by atoms with Crippen molar-refractivity contribution in [1.29, 1.82) is 0 Å². The standard InChI is InChI=1S/C34H26Cl2F3N3O4S/c1-46-33(43)26-9-4-23(5-10-26)19-42-20-31(29-16-13-27(35)18-30(29)36)40-32(42)17-6-22-2-7-24(8-3-22)25-11-14-28(15-12-25)41-47(44,45)21-34(37,38)39/h2-18,20,41H,19,21H2,1H3. The van der Waals surface area contributed by atoms with Crippen LogP contribution >= 0.6 is 23.2 Å². The van der Waals surface area contributed by atoms with Crippen molar-refractivity contribution in [3.8, 4) is 22.4 Å². The van der Waals surface area contributed by atoms with Gasteiger partial charge in [-0.3, -0.25) is 4.72 Å². The van der Waals surface area contributed by atoms with E-state index in [2.05, 4.69) is 0 Å². The zero-order valence-corrected chi connectivity index (χ0v) is 27.0. The van der Waals surface area contributed by atoms with E-state index in [4.69, 9.17) is 32.9 Å². The van der Waals surface area contributed by atoms with E-state index in [0.29, 0.717) is 39.2 Å². The zero-order valence-electron chi connectivity index (χ0n) is 24.6. The second kappa shape index (κ2) is 14.0. The van der Waals surface area contributed by atoms with Gasteiger partial charge in [-0.2, -0.15) is 13.2 Å². The minimum Gasteiger partial charge on any atom is -0.465 e.